The predicted molar refractivity (Wildman–Crippen MR) is 76.5 cm³/mol. The van der Waals surface area contributed by atoms with Crippen molar-refractivity contribution in [1.82, 2.24) is 5.32 Å². The minimum Gasteiger partial charge on any atom is -0.467 e. The van der Waals surface area contributed by atoms with Crippen LogP contribution in [0, 0.1) is 17.8 Å². The number of esters is 1. The maximum Gasteiger partial charge on any atom is 0.334 e. The van der Waals surface area contributed by atoms with Gasteiger partial charge in [0.1, 0.15) is 0 Å². The van der Waals surface area contributed by atoms with Gasteiger partial charge in [0.05, 0.1) is 13.7 Å². The summed E-state index contributed by atoms with van der Waals surface area (Å²) in [6, 6.07) is 0. The van der Waals surface area contributed by atoms with E-state index in [-0.39, 0.29) is 24.4 Å². The molecule has 1 heterocycles. The summed E-state index contributed by atoms with van der Waals surface area (Å²) in [6.07, 6.45) is 7.95. The molecular weight excluding hydrogens is 270 g/mol. The van der Waals surface area contributed by atoms with Crippen LogP contribution in [0.25, 0.3) is 0 Å². The molecule has 2 aliphatic carbocycles. The Bertz CT molecular complexity index is 411. The molecule has 5 nitrogen and oxygen atoms in total. The SMILES string of the molecule is COC(=O)[C@]1(NC(=O)[C@@H]2C[C@H]2C2CCCCC2)CCOC1. The Kier molecular flexibility index (Phi) is 4.20. The third kappa shape index (κ3) is 2.93. The van der Waals surface area contributed by atoms with Gasteiger partial charge in [-0.05, 0) is 18.3 Å². The van der Waals surface area contributed by atoms with Crippen LogP contribution >= 0.6 is 0 Å². The third-order valence-corrected chi connectivity index (χ3v) is 5.39. The average Bonchev–Trinajstić information content (AvgIpc) is 3.20. The van der Waals surface area contributed by atoms with Crippen LogP contribution < -0.4 is 5.32 Å². The molecule has 3 atom stereocenters. The number of nitrogens with one attached hydrogen (secondary N) is 1. The van der Waals surface area contributed by atoms with Crippen molar-refractivity contribution in [2.45, 2.75) is 50.5 Å². The molecule has 3 aliphatic rings. The van der Waals surface area contributed by atoms with Gasteiger partial charge in [-0.3, -0.25) is 4.79 Å². The summed E-state index contributed by atoms with van der Waals surface area (Å²) in [6.45, 7) is 0.721. The average molecular weight is 295 g/mol. The summed E-state index contributed by atoms with van der Waals surface area (Å²) in [7, 11) is 1.36. The monoisotopic (exact) mass is 295 g/mol. The van der Waals surface area contributed by atoms with E-state index in [1.807, 2.05) is 0 Å². The number of amides is 1. The van der Waals surface area contributed by atoms with Crippen molar-refractivity contribution >= 4 is 11.9 Å². The van der Waals surface area contributed by atoms with Crippen molar-refractivity contribution < 1.29 is 19.1 Å². The lowest BCUT2D eigenvalue weighted by Crippen LogP contribution is -2.56. The van der Waals surface area contributed by atoms with Crippen LogP contribution in [-0.2, 0) is 19.1 Å². The van der Waals surface area contributed by atoms with Gasteiger partial charge in [-0.25, -0.2) is 4.79 Å². The lowest BCUT2D eigenvalue weighted by Gasteiger charge is -2.26. The molecule has 0 aromatic carbocycles. The standard InChI is InChI=1S/C16H25NO4/c1-20-15(19)16(7-8-21-10-16)17-14(18)13-9-12(13)11-5-3-2-4-6-11/h11-13H,2-10H2,1H3,(H,17,18)/t12-,13+,16-/m0/s1. The molecule has 118 valence electrons. The fourth-order valence-corrected chi connectivity index (χ4v) is 4.00. The number of rotatable bonds is 4. The summed E-state index contributed by atoms with van der Waals surface area (Å²) in [4.78, 5) is 24.4. The van der Waals surface area contributed by atoms with Crippen molar-refractivity contribution in [2.75, 3.05) is 20.3 Å². The van der Waals surface area contributed by atoms with Gasteiger partial charge < -0.3 is 14.8 Å². The van der Waals surface area contributed by atoms with Gasteiger partial charge in [0.2, 0.25) is 5.91 Å². The van der Waals surface area contributed by atoms with Crippen LogP contribution in [0.3, 0.4) is 0 Å². The molecule has 1 saturated heterocycles. The van der Waals surface area contributed by atoms with Crippen LogP contribution in [-0.4, -0.2) is 37.7 Å². The van der Waals surface area contributed by atoms with E-state index < -0.39 is 5.54 Å². The van der Waals surface area contributed by atoms with E-state index >= 15 is 0 Å². The number of hydrogen-bond donors (Lipinski definition) is 1. The second-order valence-electron chi connectivity index (χ2n) is 6.77. The molecule has 0 aromatic rings. The van der Waals surface area contributed by atoms with Crippen LogP contribution in [0.4, 0.5) is 0 Å². The fraction of sp³-hybridized carbons (Fsp3) is 0.875. The quantitative estimate of drug-likeness (QED) is 0.801. The summed E-state index contributed by atoms with van der Waals surface area (Å²) >= 11 is 0. The summed E-state index contributed by atoms with van der Waals surface area (Å²) in [5, 5.41) is 2.94. The first kappa shape index (κ1) is 14.8. The van der Waals surface area contributed by atoms with Crippen molar-refractivity contribution in [3.63, 3.8) is 0 Å². The minimum absolute atomic E-state index is 0.0153. The van der Waals surface area contributed by atoms with Crippen LogP contribution in [0.5, 0.6) is 0 Å². The van der Waals surface area contributed by atoms with Gasteiger partial charge in [-0.2, -0.15) is 0 Å². The van der Waals surface area contributed by atoms with Crippen molar-refractivity contribution in [3.8, 4) is 0 Å². The summed E-state index contributed by atoms with van der Waals surface area (Å²) < 4.78 is 10.2. The Morgan fingerprint density at radius 2 is 2.00 bits per heavy atom. The Hall–Kier alpha value is -1.10. The molecule has 2 saturated carbocycles. The largest absolute Gasteiger partial charge is 0.467 e. The van der Waals surface area contributed by atoms with E-state index in [0.29, 0.717) is 24.9 Å². The lowest BCUT2D eigenvalue weighted by molar-refractivity contribution is -0.151. The topological polar surface area (TPSA) is 64.6 Å². The highest BCUT2D eigenvalue weighted by atomic mass is 16.5. The molecular formula is C16H25NO4. The maximum absolute atomic E-state index is 12.5. The molecule has 0 unspecified atom stereocenters. The molecule has 1 N–H and O–H groups in total. The number of ether oxygens (including phenoxy) is 2. The van der Waals surface area contributed by atoms with Crippen LogP contribution in [0.2, 0.25) is 0 Å². The predicted octanol–water partition coefficient (Wildman–Crippen LogP) is 1.65. The van der Waals surface area contributed by atoms with E-state index in [2.05, 4.69) is 5.32 Å². The molecule has 1 amide bonds. The molecule has 0 spiro atoms. The van der Waals surface area contributed by atoms with Crippen LogP contribution in [0.15, 0.2) is 0 Å². The fourth-order valence-electron chi connectivity index (χ4n) is 4.00. The molecule has 3 rings (SSSR count). The van der Waals surface area contributed by atoms with Gasteiger partial charge in [-0.1, -0.05) is 32.1 Å². The number of carbonyl (C=O) groups excluding carboxylic acids is 2. The first-order valence-corrected chi connectivity index (χ1v) is 8.14. The van der Waals surface area contributed by atoms with Crippen molar-refractivity contribution in [3.05, 3.63) is 0 Å². The lowest BCUT2D eigenvalue weighted by atomic mass is 9.85. The van der Waals surface area contributed by atoms with Gasteiger partial charge in [0.25, 0.3) is 0 Å². The number of methoxy groups -OCH3 is 1. The third-order valence-electron chi connectivity index (χ3n) is 5.39. The highest BCUT2D eigenvalue weighted by Gasteiger charge is 2.52. The Balaban J connectivity index is 1.57. The summed E-state index contributed by atoms with van der Waals surface area (Å²) in [5.41, 5.74) is -0.953. The second kappa shape index (κ2) is 5.95. The molecule has 0 radical (unpaired) electrons. The number of hydrogen-bond acceptors (Lipinski definition) is 4. The smallest absolute Gasteiger partial charge is 0.334 e. The van der Waals surface area contributed by atoms with Gasteiger partial charge in [0.15, 0.2) is 5.54 Å². The highest BCUT2D eigenvalue weighted by Crippen LogP contribution is 2.49. The minimum atomic E-state index is -0.953. The van der Waals surface area contributed by atoms with Crippen LogP contribution in [0.1, 0.15) is 44.9 Å². The zero-order chi connectivity index (χ0) is 14.9. The first-order chi connectivity index (χ1) is 10.2. The number of carbonyl (C=O) groups is 2. The van der Waals surface area contributed by atoms with Gasteiger partial charge >= 0.3 is 5.97 Å². The second-order valence-corrected chi connectivity index (χ2v) is 6.77. The first-order valence-electron chi connectivity index (χ1n) is 8.14. The van der Waals surface area contributed by atoms with Crippen molar-refractivity contribution in [1.29, 1.82) is 0 Å². The highest BCUT2D eigenvalue weighted by molar-refractivity contribution is 5.90. The Morgan fingerprint density at radius 3 is 2.62 bits per heavy atom. The van der Waals surface area contributed by atoms with Gasteiger partial charge in [-0.15, -0.1) is 0 Å². The molecule has 3 fully saturated rings. The van der Waals surface area contributed by atoms with Crippen molar-refractivity contribution in [2.24, 2.45) is 17.8 Å². The zero-order valence-corrected chi connectivity index (χ0v) is 12.7. The van der Waals surface area contributed by atoms with E-state index in [0.717, 1.165) is 6.42 Å². The normalized spacial score (nSPS) is 36.2. The van der Waals surface area contributed by atoms with Gasteiger partial charge in [0, 0.05) is 18.9 Å². The molecule has 5 heteroatoms. The Morgan fingerprint density at radius 1 is 1.24 bits per heavy atom. The van der Waals surface area contributed by atoms with E-state index in [9.17, 15) is 9.59 Å². The summed E-state index contributed by atoms with van der Waals surface area (Å²) in [5.74, 6) is 0.964. The molecule has 1 aliphatic heterocycles. The molecule has 21 heavy (non-hydrogen) atoms. The van der Waals surface area contributed by atoms with E-state index in [4.69, 9.17) is 9.47 Å². The van der Waals surface area contributed by atoms with E-state index in [1.165, 1.54) is 39.2 Å². The zero-order valence-electron chi connectivity index (χ0n) is 12.7. The molecule has 0 bridgehead atoms. The molecule has 0 aromatic heterocycles. The van der Waals surface area contributed by atoms with E-state index in [1.54, 1.807) is 0 Å². The Labute approximate surface area is 125 Å². The maximum atomic E-state index is 12.5.